The molecule has 2 amide bonds. The zero-order chi connectivity index (χ0) is 22.2. The lowest BCUT2D eigenvalue weighted by Crippen LogP contribution is -2.44. The zero-order valence-electron chi connectivity index (χ0n) is 18.0. The van der Waals surface area contributed by atoms with Crippen LogP contribution in [-0.2, 0) is 4.79 Å². The number of benzene rings is 2. The van der Waals surface area contributed by atoms with Gasteiger partial charge in [-0.1, -0.05) is 18.2 Å². The fourth-order valence-corrected chi connectivity index (χ4v) is 4.80. The van der Waals surface area contributed by atoms with Crippen molar-refractivity contribution >= 4 is 45.7 Å². The van der Waals surface area contributed by atoms with E-state index in [0.29, 0.717) is 10.6 Å². The quantitative estimate of drug-likeness (QED) is 0.616. The highest BCUT2D eigenvalue weighted by atomic mass is 32.2. The number of carbonyl (C=O) groups excluding carboxylic acids is 2. The second-order valence-corrected chi connectivity index (χ2v) is 9.13. The molecule has 3 aromatic rings. The second-order valence-electron chi connectivity index (χ2n) is 8.11. The number of aromatic nitrogens is 2. The Morgan fingerprint density at radius 2 is 1.91 bits per heavy atom. The van der Waals surface area contributed by atoms with Crippen molar-refractivity contribution in [3.63, 3.8) is 0 Å². The topological polar surface area (TPSA) is 78.4 Å². The van der Waals surface area contributed by atoms with Gasteiger partial charge in [0.2, 0.25) is 0 Å². The van der Waals surface area contributed by atoms with Crippen molar-refractivity contribution < 1.29 is 9.59 Å². The molecule has 162 valence electrons. The number of amides is 2. The average molecular weight is 446 g/mol. The number of imide groups is 1. The Balaban J connectivity index is 1.51. The van der Waals surface area contributed by atoms with Crippen LogP contribution in [0.3, 0.4) is 0 Å². The third-order valence-corrected chi connectivity index (χ3v) is 6.67. The number of nitrogens with one attached hydrogen (secondary N) is 1. The van der Waals surface area contributed by atoms with Gasteiger partial charge in [-0.15, -0.1) is 0 Å². The van der Waals surface area contributed by atoms with Crippen LogP contribution in [0.25, 0.3) is 28.2 Å². The molecule has 2 saturated heterocycles. The van der Waals surface area contributed by atoms with Crippen LogP contribution in [-0.4, -0.2) is 59.2 Å². The third-order valence-electron chi connectivity index (χ3n) is 5.86. The fourth-order valence-electron chi connectivity index (χ4n) is 4.13. The van der Waals surface area contributed by atoms with Gasteiger partial charge in [0.15, 0.2) is 0 Å². The van der Waals surface area contributed by atoms with E-state index in [1.807, 2.05) is 18.2 Å². The van der Waals surface area contributed by atoms with Crippen LogP contribution in [0.2, 0.25) is 0 Å². The fraction of sp³-hybridized carbons (Fsp3) is 0.250. The maximum absolute atomic E-state index is 11.9. The minimum Gasteiger partial charge on any atom is -0.369 e. The van der Waals surface area contributed by atoms with Crippen LogP contribution in [0.4, 0.5) is 10.5 Å². The molecular weight excluding hydrogens is 422 g/mol. The summed E-state index contributed by atoms with van der Waals surface area (Å²) in [4.78, 5) is 37.7. The maximum Gasteiger partial charge on any atom is 0.290 e. The molecule has 0 atom stereocenters. The molecule has 5 rings (SSSR count). The monoisotopic (exact) mass is 445 g/mol. The molecule has 0 aliphatic carbocycles. The number of hydrogen-bond donors (Lipinski definition) is 1. The number of fused-ring (bicyclic) bond motifs is 1. The minimum absolute atomic E-state index is 0.327. The Morgan fingerprint density at radius 1 is 1.09 bits per heavy atom. The van der Waals surface area contributed by atoms with E-state index in [-0.39, 0.29) is 5.24 Å². The van der Waals surface area contributed by atoms with Crippen molar-refractivity contribution in [1.82, 2.24) is 20.2 Å². The van der Waals surface area contributed by atoms with E-state index >= 15 is 0 Å². The summed E-state index contributed by atoms with van der Waals surface area (Å²) in [6, 6.07) is 12.5. The lowest BCUT2D eigenvalue weighted by molar-refractivity contribution is -0.115. The second kappa shape index (κ2) is 8.37. The summed E-state index contributed by atoms with van der Waals surface area (Å²) in [7, 11) is 2.16. The van der Waals surface area contributed by atoms with Gasteiger partial charge < -0.3 is 9.80 Å². The predicted octanol–water partition coefficient (Wildman–Crippen LogP) is 3.68. The van der Waals surface area contributed by atoms with Gasteiger partial charge in [-0.3, -0.25) is 19.9 Å². The van der Waals surface area contributed by atoms with Gasteiger partial charge in [0.05, 0.1) is 27.8 Å². The summed E-state index contributed by atoms with van der Waals surface area (Å²) in [6.45, 7) is 6.35. The first kappa shape index (κ1) is 20.7. The number of likely N-dealkylation sites (N-methyl/N-ethyl adjacent to an activating group) is 1. The summed E-state index contributed by atoms with van der Waals surface area (Å²) in [6.07, 6.45) is 3.23. The lowest BCUT2D eigenvalue weighted by atomic mass is 10.00. The van der Waals surface area contributed by atoms with Gasteiger partial charge >= 0.3 is 0 Å². The van der Waals surface area contributed by atoms with Gasteiger partial charge in [-0.05, 0) is 61.1 Å². The van der Waals surface area contributed by atoms with Gasteiger partial charge in [-0.2, -0.15) is 0 Å². The molecule has 7 nitrogen and oxygen atoms in total. The minimum atomic E-state index is -0.398. The van der Waals surface area contributed by atoms with Crippen molar-refractivity contribution in [1.29, 1.82) is 0 Å². The highest BCUT2D eigenvalue weighted by molar-refractivity contribution is 8.18. The van der Waals surface area contributed by atoms with Gasteiger partial charge in [0.1, 0.15) is 0 Å². The molecule has 0 saturated carbocycles. The molecule has 0 bridgehead atoms. The largest absolute Gasteiger partial charge is 0.369 e. The summed E-state index contributed by atoms with van der Waals surface area (Å²) in [5.74, 6) is -0.398. The van der Waals surface area contributed by atoms with Crippen LogP contribution in [0.1, 0.15) is 11.3 Å². The van der Waals surface area contributed by atoms with Crippen molar-refractivity contribution in [2.75, 3.05) is 38.1 Å². The van der Waals surface area contributed by atoms with Crippen LogP contribution < -0.4 is 10.2 Å². The lowest BCUT2D eigenvalue weighted by Gasteiger charge is -2.35. The molecule has 2 fully saturated rings. The smallest absolute Gasteiger partial charge is 0.290 e. The average Bonchev–Trinajstić information content (AvgIpc) is 3.10. The number of nitrogens with zero attached hydrogens (tertiary/aromatic N) is 4. The van der Waals surface area contributed by atoms with Gasteiger partial charge in [-0.25, -0.2) is 4.98 Å². The number of hydrogen-bond acceptors (Lipinski definition) is 7. The number of aryl methyl sites for hydroxylation is 1. The van der Waals surface area contributed by atoms with Crippen molar-refractivity contribution in [2.45, 2.75) is 6.92 Å². The van der Waals surface area contributed by atoms with Crippen LogP contribution in [0.5, 0.6) is 0 Å². The SMILES string of the molecule is Cc1cc(-c2cccc3ncc(C=C4SC(=O)NC4=O)nc23)ccc1N1CCN(C)CC1. The molecule has 1 aromatic heterocycles. The van der Waals surface area contributed by atoms with E-state index in [1.165, 1.54) is 11.3 Å². The highest BCUT2D eigenvalue weighted by Crippen LogP contribution is 2.32. The van der Waals surface area contributed by atoms with E-state index in [0.717, 1.165) is 60.1 Å². The van der Waals surface area contributed by atoms with Gasteiger partial charge in [0, 0.05) is 37.4 Å². The van der Waals surface area contributed by atoms with Crippen molar-refractivity contribution in [3.8, 4) is 11.1 Å². The van der Waals surface area contributed by atoms with Crippen molar-refractivity contribution in [3.05, 3.63) is 58.8 Å². The summed E-state index contributed by atoms with van der Waals surface area (Å²) < 4.78 is 0. The molecule has 8 heteroatoms. The molecular formula is C24H23N5O2S. The summed E-state index contributed by atoms with van der Waals surface area (Å²) >= 11 is 0.878. The van der Waals surface area contributed by atoms with Gasteiger partial charge in [0.25, 0.3) is 11.1 Å². The number of thioether (sulfide) groups is 1. The molecule has 2 aliphatic heterocycles. The number of para-hydroxylation sites is 1. The number of piperazine rings is 1. The van der Waals surface area contributed by atoms with Crippen LogP contribution in [0, 0.1) is 6.92 Å². The maximum atomic E-state index is 11.9. The van der Waals surface area contributed by atoms with E-state index < -0.39 is 5.91 Å². The first-order chi connectivity index (χ1) is 15.5. The zero-order valence-corrected chi connectivity index (χ0v) is 18.8. The van der Waals surface area contributed by atoms with E-state index in [2.05, 4.69) is 52.3 Å². The van der Waals surface area contributed by atoms with E-state index in [9.17, 15) is 9.59 Å². The molecule has 1 N–H and O–H groups in total. The number of carbonyl (C=O) groups is 2. The molecule has 32 heavy (non-hydrogen) atoms. The Bertz CT molecular complexity index is 1260. The Labute approximate surface area is 190 Å². The molecule has 3 heterocycles. The third kappa shape index (κ3) is 3.99. The van der Waals surface area contributed by atoms with E-state index in [1.54, 1.807) is 12.3 Å². The number of rotatable bonds is 3. The molecule has 2 aromatic carbocycles. The van der Waals surface area contributed by atoms with Crippen LogP contribution >= 0.6 is 11.8 Å². The Hall–Kier alpha value is -3.23. The summed E-state index contributed by atoms with van der Waals surface area (Å²) in [5.41, 5.74) is 6.66. The first-order valence-electron chi connectivity index (χ1n) is 10.5. The molecule has 0 radical (unpaired) electrons. The normalized spacial score (nSPS) is 18.6. The molecule has 0 spiro atoms. The molecule has 2 aliphatic rings. The molecule has 0 unspecified atom stereocenters. The van der Waals surface area contributed by atoms with Crippen molar-refractivity contribution in [2.24, 2.45) is 0 Å². The van der Waals surface area contributed by atoms with E-state index in [4.69, 9.17) is 4.98 Å². The Kier molecular flexibility index (Phi) is 5.40. The number of anilines is 1. The predicted molar refractivity (Wildman–Crippen MR) is 129 cm³/mol. The van der Waals surface area contributed by atoms with Crippen LogP contribution in [0.15, 0.2) is 47.5 Å². The summed E-state index contributed by atoms with van der Waals surface area (Å²) in [5, 5.41) is 1.90. The standard InChI is InChI=1S/C24H23N5O2S/c1-15-12-16(6-7-20(15)29-10-8-28(2)9-11-29)18-4-3-5-19-22(18)26-17(14-25-19)13-21-23(30)27-24(31)32-21/h3-7,12-14H,8-11H2,1-2H3,(H,27,30,31). The Morgan fingerprint density at radius 3 is 2.62 bits per heavy atom. The highest BCUT2D eigenvalue weighted by Gasteiger charge is 2.25. The first-order valence-corrected chi connectivity index (χ1v) is 11.3.